The lowest BCUT2D eigenvalue weighted by Gasteiger charge is -2.20. The summed E-state index contributed by atoms with van der Waals surface area (Å²) in [6.45, 7) is 4.17. The summed E-state index contributed by atoms with van der Waals surface area (Å²) in [6.07, 6.45) is 2.87. The number of H-pyrrole nitrogens is 1. The average molecular weight is 482 g/mol. The first-order valence-electron chi connectivity index (χ1n) is 10.9. The van der Waals surface area contributed by atoms with Crippen molar-refractivity contribution in [2.45, 2.75) is 19.9 Å². The Morgan fingerprint density at radius 2 is 1.85 bits per heavy atom. The summed E-state index contributed by atoms with van der Waals surface area (Å²) in [5.74, 6) is 0.722. The summed E-state index contributed by atoms with van der Waals surface area (Å²) >= 11 is 0. The maximum Gasteiger partial charge on any atom is 0.328 e. The van der Waals surface area contributed by atoms with E-state index in [-0.39, 0.29) is 5.75 Å². The summed E-state index contributed by atoms with van der Waals surface area (Å²) in [5, 5.41) is 0. The number of rotatable bonds is 8. The topological polar surface area (TPSA) is 103 Å². The van der Waals surface area contributed by atoms with Crippen LogP contribution in [0.1, 0.15) is 24.1 Å². The lowest BCUT2D eigenvalue weighted by atomic mass is 10.0. The number of fused-ring (bicyclic) bond motifs is 1. The Labute approximate surface area is 198 Å². The molecule has 178 valence electrons. The normalized spacial score (nSPS) is 12.6. The summed E-state index contributed by atoms with van der Waals surface area (Å²) < 4.78 is 37.2. The number of imidazole rings is 1. The van der Waals surface area contributed by atoms with Gasteiger partial charge >= 0.3 is 5.69 Å². The third kappa shape index (κ3) is 4.56. The number of nitrogens with one attached hydrogen (secondary N) is 1. The Morgan fingerprint density at radius 3 is 2.50 bits per heavy atom. The molecular weight excluding hydrogens is 454 g/mol. The van der Waals surface area contributed by atoms with E-state index in [2.05, 4.69) is 9.97 Å². The zero-order valence-electron chi connectivity index (χ0n) is 19.5. The molecule has 2 heterocycles. The highest BCUT2D eigenvalue weighted by Gasteiger charge is 2.26. The van der Waals surface area contributed by atoms with E-state index in [1.54, 1.807) is 24.4 Å². The van der Waals surface area contributed by atoms with Crippen LogP contribution in [0.15, 0.2) is 59.5 Å². The highest BCUT2D eigenvalue weighted by molar-refractivity contribution is 7.90. The predicted octanol–water partition coefficient (Wildman–Crippen LogP) is 3.74. The zero-order valence-corrected chi connectivity index (χ0v) is 20.3. The van der Waals surface area contributed by atoms with E-state index in [9.17, 15) is 13.2 Å². The second-order valence-electron chi connectivity index (χ2n) is 8.11. The van der Waals surface area contributed by atoms with Gasteiger partial charge in [0.15, 0.2) is 17.1 Å². The lowest BCUT2D eigenvalue weighted by Crippen LogP contribution is -2.28. The second-order valence-corrected chi connectivity index (χ2v) is 10.3. The lowest BCUT2D eigenvalue weighted by molar-refractivity contribution is 0.310. The fourth-order valence-corrected chi connectivity index (χ4v) is 5.07. The van der Waals surface area contributed by atoms with Crippen LogP contribution in [0, 0.1) is 6.92 Å². The standard InChI is InChI=1S/C25H27N3O5S/c1-5-33-22-13-18(11-12-21(22)32-3)20(15-34(4,30)31)28-24-23(27-25(28)29)16(2)19(14-26-24)17-9-7-6-8-10-17/h6-14,20H,5,15H2,1-4H3,(H,27,29). The molecule has 1 N–H and O–H groups in total. The van der Waals surface area contributed by atoms with Crippen LogP contribution in [0.2, 0.25) is 0 Å². The van der Waals surface area contributed by atoms with E-state index >= 15 is 0 Å². The van der Waals surface area contributed by atoms with E-state index in [4.69, 9.17) is 9.47 Å². The van der Waals surface area contributed by atoms with Gasteiger partial charge in [-0.3, -0.25) is 4.57 Å². The number of hydrogen-bond acceptors (Lipinski definition) is 6. The SMILES string of the molecule is CCOc1cc(C(CS(C)(=O)=O)n2c(=O)[nH]c3c(C)c(-c4ccccc4)cnc32)ccc1OC. The fourth-order valence-electron chi connectivity index (χ4n) is 4.16. The van der Waals surface area contributed by atoms with E-state index in [0.717, 1.165) is 22.9 Å². The average Bonchev–Trinajstić information content (AvgIpc) is 3.14. The van der Waals surface area contributed by atoms with Crippen LogP contribution in [-0.2, 0) is 9.84 Å². The quantitative estimate of drug-likeness (QED) is 0.411. The van der Waals surface area contributed by atoms with Crippen molar-refractivity contribution < 1.29 is 17.9 Å². The molecule has 4 rings (SSSR count). The molecule has 0 aliphatic carbocycles. The van der Waals surface area contributed by atoms with Gasteiger partial charge in [-0.15, -0.1) is 0 Å². The van der Waals surface area contributed by atoms with Gasteiger partial charge in [0.05, 0.1) is 31.0 Å². The van der Waals surface area contributed by atoms with Gasteiger partial charge < -0.3 is 14.5 Å². The maximum absolute atomic E-state index is 13.2. The van der Waals surface area contributed by atoms with E-state index in [0.29, 0.717) is 34.8 Å². The van der Waals surface area contributed by atoms with Crippen molar-refractivity contribution in [1.82, 2.24) is 14.5 Å². The minimum atomic E-state index is -3.46. The molecule has 1 unspecified atom stereocenters. The van der Waals surface area contributed by atoms with Gasteiger partial charge in [-0.05, 0) is 42.7 Å². The maximum atomic E-state index is 13.2. The van der Waals surface area contributed by atoms with Gasteiger partial charge in [-0.25, -0.2) is 18.2 Å². The van der Waals surface area contributed by atoms with E-state index in [1.165, 1.54) is 11.7 Å². The van der Waals surface area contributed by atoms with Gasteiger partial charge in [0.25, 0.3) is 0 Å². The molecule has 34 heavy (non-hydrogen) atoms. The van der Waals surface area contributed by atoms with Crippen molar-refractivity contribution in [3.63, 3.8) is 0 Å². The molecule has 8 nitrogen and oxygen atoms in total. The van der Waals surface area contributed by atoms with Crippen LogP contribution in [0.4, 0.5) is 0 Å². The molecule has 0 bridgehead atoms. The molecular formula is C25H27N3O5S. The molecule has 1 atom stereocenters. The number of ether oxygens (including phenoxy) is 2. The largest absolute Gasteiger partial charge is 0.493 e. The molecule has 0 radical (unpaired) electrons. The van der Waals surface area contributed by atoms with Crippen LogP contribution in [0.25, 0.3) is 22.3 Å². The summed E-state index contributed by atoms with van der Waals surface area (Å²) in [7, 11) is -1.92. The molecule has 4 aromatic rings. The monoisotopic (exact) mass is 481 g/mol. The Kier molecular flexibility index (Phi) is 6.47. The number of methoxy groups -OCH3 is 1. The van der Waals surface area contributed by atoms with Crippen molar-refractivity contribution in [2.24, 2.45) is 0 Å². The number of aromatic nitrogens is 3. The molecule has 9 heteroatoms. The Hall–Kier alpha value is -3.59. The first-order chi connectivity index (χ1) is 16.2. The van der Waals surface area contributed by atoms with E-state index in [1.807, 2.05) is 44.2 Å². The highest BCUT2D eigenvalue weighted by Crippen LogP contribution is 2.34. The second kappa shape index (κ2) is 9.34. The third-order valence-electron chi connectivity index (χ3n) is 5.73. The smallest absolute Gasteiger partial charge is 0.328 e. The van der Waals surface area contributed by atoms with Crippen LogP contribution in [0.5, 0.6) is 11.5 Å². The number of sulfone groups is 1. The number of aryl methyl sites for hydroxylation is 1. The first kappa shape index (κ1) is 23.6. The summed E-state index contributed by atoms with van der Waals surface area (Å²) in [4.78, 5) is 20.7. The van der Waals surface area contributed by atoms with Crippen molar-refractivity contribution in [3.05, 3.63) is 76.3 Å². The van der Waals surface area contributed by atoms with Crippen LogP contribution in [0.3, 0.4) is 0 Å². The van der Waals surface area contributed by atoms with Crippen molar-refractivity contribution in [2.75, 3.05) is 25.7 Å². The number of hydrogen-bond donors (Lipinski definition) is 1. The predicted molar refractivity (Wildman–Crippen MR) is 133 cm³/mol. The third-order valence-corrected chi connectivity index (χ3v) is 6.65. The highest BCUT2D eigenvalue weighted by atomic mass is 32.2. The van der Waals surface area contributed by atoms with Crippen molar-refractivity contribution >= 4 is 21.0 Å². The summed E-state index contributed by atoms with van der Waals surface area (Å²) in [6, 6.07) is 14.1. The molecule has 0 aliphatic rings. The molecule has 0 spiro atoms. The minimum Gasteiger partial charge on any atom is -0.493 e. The molecule has 0 aliphatic heterocycles. The van der Waals surface area contributed by atoms with Gasteiger partial charge in [0, 0.05) is 18.0 Å². The van der Waals surface area contributed by atoms with Gasteiger partial charge in [0.1, 0.15) is 9.84 Å². The van der Waals surface area contributed by atoms with Crippen LogP contribution in [-0.4, -0.2) is 48.7 Å². The van der Waals surface area contributed by atoms with Crippen LogP contribution < -0.4 is 15.2 Å². The zero-order chi connectivity index (χ0) is 24.5. The molecule has 0 saturated heterocycles. The van der Waals surface area contributed by atoms with Crippen LogP contribution >= 0.6 is 0 Å². The number of pyridine rings is 1. The van der Waals surface area contributed by atoms with Crippen molar-refractivity contribution in [3.8, 4) is 22.6 Å². The molecule has 2 aromatic carbocycles. The number of benzene rings is 2. The fraction of sp³-hybridized carbons (Fsp3) is 0.280. The van der Waals surface area contributed by atoms with Gasteiger partial charge in [0.2, 0.25) is 0 Å². The van der Waals surface area contributed by atoms with Gasteiger partial charge in [-0.1, -0.05) is 36.4 Å². The molecule has 0 amide bonds. The van der Waals surface area contributed by atoms with Crippen molar-refractivity contribution in [1.29, 1.82) is 0 Å². The molecule has 2 aromatic heterocycles. The number of aromatic amines is 1. The Bertz CT molecular complexity index is 1490. The molecule has 0 saturated carbocycles. The molecule has 0 fully saturated rings. The Balaban J connectivity index is 1.92. The Morgan fingerprint density at radius 1 is 1.12 bits per heavy atom. The summed E-state index contributed by atoms with van der Waals surface area (Å²) in [5.41, 5.74) is 3.86. The van der Waals surface area contributed by atoms with Gasteiger partial charge in [-0.2, -0.15) is 0 Å². The minimum absolute atomic E-state index is 0.279. The number of nitrogens with zero attached hydrogens (tertiary/aromatic N) is 2. The van der Waals surface area contributed by atoms with E-state index < -0.39 is 21.6 Å². The first-order valence-corrected chi connectivity index (χ1v) is 12.9.